The van der Waals surface area contributed by atoms with Gasteiger partial charge in [0.25, 0.3) is 4.84 Å². The van der Waals surface area contributed by atoms with E-state index in [-0.39, 0.29) is 5.92 Å². The molecule has 1 aromatic heterocycles. The van der Waals surface area contributed by atoms with Crippen LogP contribution >= 0.6 is 12.2 Å². The number of aromatic amines is 1. The number of hydrogen-bond donors (Lipinski definition) is 2. The standard InChI is InChI=1S/C11H19N3OS/c1-6-3-8(4-7(6)2)9(5-12)10-13-11(16)15-14-10/h6-9H,3-5,12H2,1-2H3,(H,13,14,16)/t6-,7-,9?/m0/s1. The molecule has 0 spiro atoms. The van der Waals surface area contributed by atoms with Crippen molar-refractivity contribution in [2.45, 2.75) is 32.6 Å². The van der Waals surface area contributed by atoms with Crippen molar-refractivity contribution in [1.29, 1.82) is 0 Å². The molecule has 5 heteroatoms. The summed E-state index contributed by atoms with van der Waals surface area (Å²) in [5.74, 6) is 3.22. The molecule has 1 saturated carbocycles. The highest BCUT2D eigenvalue weighted by molar-refractivity contribution is 7.71. The fraction of sp³-hybridized carbons (Fsp3) is 0.818. The van der Waals surface area contributed by atoms with E-state index in [1.54, 1.807) is 0 Å². The SMILES string of the molecule is C[C@H]1CC(C(CN)c2noc(=S)[nH]2)C[C@@H]1C. The number of aromatic nitrogens is 2. The molecule has 3 N–H and O–H groups in total. The minimum Gasteiger partial charge on any atom is -0.330 e. The number of H-pyrrole nitrogens is 1. The molecule has 16 heavy (non-hydrogen) atoms. The molecule has 2 rings (SSSR count). The van der Waals surface area contributed by atoms with Crippen LogP contribution in [0.2, 0.25) is 0 Å². The van der Waals surface area contributed by atoms with Gasteiger partial charge in [0.2, 0.25) is 0 Å². The third kappa shape index (κ3) is 2.20. The molecule has 4 nitrogen and oxygen atoms in total. The van der Waals surface area contributed by atoms with E-state index in [0.717, 1.165) is 17.7 Å². The Morgan fingerprint density at radius 3 is 2.56 bits per heavy atom. The summed E-state index contributed by atoms with van der Waals surface area (Å²) in [7, 11) is 0. The van der Waals surface area contributed by atoms with Gasteiger partial charge in [0, 0.05) is 12.5 Å². The maximum Gasteiger partial charge on any atom is 0.294 e. The summed E-state index contributed by atoms with van der Waals surface area (Å²) < 4.78 is 4.91. The number of rotatable bonds is 3. The summed E-state index contributed by atoms with van der Waals surface area (Å²) in [6.07, 6.45) is 2.44. The van der Waals surface area contributed by atoms with Crippen LogP contribution in [0.4, 0.5) is 0 Å². The Morgan fingerprint density at radius 1 is 1.50 bits per heavy atom. The minimum absolute atomic E-state index is 0.257. The third-order valence-corrected chi connectivity index (χ3v) is 4.13. The summed E-state index contributed by atoms with van der Waals surface area (Å²) in [4.78, 5) is 3.33. The second-order valence-electron chi connectivity index (χ2n) is 5.01. The van der Waals surface area contributed by atoms with E-state index in [0.29, 0.717) is 17.3 Å². The van der Waals surface area contributed by atoms with Gasteiger partial charge in [0.05, 0.1) is 0 Å². The molecule has 1 aliphatic carbocycles. The molecular weight excluding hydrogens is 222 g/mol. The lowest BCUT2D eigenvalue weighted by atomic mass is 9.89. The molecule has 1 aliphatic rings. The molecular formula is C11H19N3OS. The Bertz CT molecular complexity index is 390. The van der Waals surface area contributed by atoms with Crippen molar-refractivity contribution in [3.8, 4) is 0 Å². The lowest BCUT2D eigenvalue weighted by Gasteiger charge is -2.18. The van der Waals surface area contributed by atoms with Crippen LogP contribution in [0.25, 0.3) is 0 Å². The molecule has 1 unspecified atom stereocenters. The van der Waals surface area contributed by atoms with E-state index in [4.69, 9.17) is 22.5 Å². The lowest BCUT2D eigenvalue weighted by Crippen LogP contribution is -2.21. The van der Waals surface area contributed by atoms with Crippen molar-refractivity contribution in [2.24, 2.45) is 23.5 Å². The largest absolute Gasteiger partial charge is 0.330 e. The van der Waals surface area contributed by atoms with Crippen molar-refractivity contribution >= 4 is 12.2 Å². The van der Waals surface area contributed by atoms with Gasteiger partial charge in [-0.2, -0.15) is 0 Å². The van der Waals surface area contributed by atoms with Crippen LogP contribution in [-0.4, -0.2) is 16.7 Å². The first-order valence-corrected chi connectivity index (χ1v) is 6.28. The second-order valence-corrected chi connectivity index (χ2v) is 5.38. The van der Waals surface area contributed by atoms with Crippen molar-refractivity contribution in [3.05, 3.63) is 10.7 Å². The van der Waals surface area contributed by atoms with Crippen LogP contribution in [0.1, 0.15) is 38.4 Å². The average Bonchev–Trinajstić information content (AvgIpc) is 2.77. The quantitative estimate of drug-likeness (QED) is 0.798. The number of nitrogens with two attached hydrogens (primary N) is 1. The fourth-order valence-corrected chi connectivity index (χ4v) is 2.91. The van der Waals surface area contributed by atoms with Crippen LogP contribution in [0.3, 0.4) is 0 Å². The Balaban J connectivity index is 2.15. The van der Waals surface area contributed by atoms with Gasteiger partial charge >= 0.3 is 0 Å². The number of hydrogen-bond acceptors (Lipinski definition) is 4. The fourth-order valence-electron chi connectivity index (χ4n) is 2.77. The van der Waals surface area contributed by atoms with Gasteiger partial charge < -0.3 is 10.3 Å². The molecule has 0 amide bonds. The molecule has 3 atom stereocenters. The van der Waals surface area contributed by atoms with Gasteiger partial charge in [-0.1, -0.05) is 19.0 Å². The van der Waals surface area contributed by atoms with Crippen LogP contribution in [0.15, 0.2) is 4.52 Å². The maximum atomic E-state index is 5.85. The topological polar surface area (TPSA) is 67.8 Å². The van der Waals surface area contributed by atoms with E-state index in [1.807, 2.05) is 0 Å². The third-order valence-electron chi connectivity index (χ3n) is 3.95. The Morgan fingerprint density at radius 2 is 2.12 bits per heavy atom. The molecule has 1 fully saturated rings. The van der Waals surface area contributed by atoms with Crippen molar-refractivity contribution in [3.63, 3.8) is 0 Å². The second kappa shape index (κ2) is 4.67. The highest BCUT2D eigenvalue weighted by Gasteiger charge is 2.35. The lowest BCUT2D eigenvalue weighted by molar-refractivity contribution is 0.364. The van der Waals surface area contributed by atoms with Gasteiger partial charge in [-0.05, 0) is 42.8 Å². The van der Waals surface area contributed by atoms with E-state index < -0.39 is 0 Å². The first-order valence-electron chi connectivity index (χ1n) is 5.87. The van der Waals surface area contributed by atoms with Crippen LogP contribution in [0, 0.1) is 22.6 Å². The summed E-state index contributed by atoms with van der Waals surface area (Å²) in [6, 6.07) is 0. The van der Waals surface area contributed by atoms with Crippen LogP contribution in [0.5, 0.6) is 0 Å². The Labute approximate surface area is 101 Å². The van der Waals surface area contributed by atoms with Crippen molar-refractivity contribution in [1.82, 2.24) is 10.1 Å². The normalized spacial score (nSPS) is 28.4. The van der Waals surface area contributed by atoms with Gasteiger partial charge in [-0.25, -0.2) is 0 Å². The van der Waals surface area contributed by atoms with Gasteiger partial charge in [-0.15, -0.1) is 0 Å². The van der Waals surface area contributed by atoms with E-state index >= 15 is 0 Å². The summed E-state index contributed by atoms with van der Waals surface area (Å²) in [5, 5.41) is 3.97. The molecule has 0 aliphatic heterocycles. The van der Waals surface area contributed by atoms with Gasteiger partial charge in [-0.3, -0.25) is 4.98 Å². The van der Waals surface area contributed by atoms with Crippen LogP contribution in [-0.2, 0) is 0 Å². The zero-order valence-corrected chi connectivity index (χ0v) is 10.6. The van der Waals surface area contributed by atoms with Crippen molar-refractivity contribution < 1.29 is 4.52 Å². The average molecular weight is 241 g/mol. The summed E-state index contributed by atoms with van der Waals surface area (Å²) >= 11 is 4.90. The summed E-state index contributed by atoms with van der Waals surface area (Å²) in [5.41, 5.74) is 5.85. The van der Waals surface area contributed by atoms with Crippen molar-refractivity contribution in [2.75, 3.05) is 6.54 Å². The monoisotopic (exact) mass is 241 g/mol. The molecule has 0 radical (unpaired) electrons. The first kappa shape index (κ1) is 11.8. The molecule has 0 bridgehead atoms. The van der Waals surface area contributed by atoms with Gasteiger partial charge in [0.1, 0.15) is 0 Å². The highest BCUT2D eigenvalue weighted by Crippen LogP contribution is 2.42. The predicted octanol–water partition coefficient (Wildman–Crippen LogP) is 2.46. The zero-order valence-electron chi connectivity index (χ0n) is 9.77. The molecule has 1 aromatic rings. The molecule has 90 valence electrons. The Kier molecular flexibility index (Phi) is 3.44. The number of nitrogens with zero attached hydrogens (tertiary/aromatic N) is 1. The van der Waals surface area contributed by atoms with E-state index in [1.165, 1.54) is 12.8 Å². The smallest absolute Gasteiger partial charge is 0.294 e. The highest BCUT2D eigenvalue weighted by atomic mass is 32.1. The Hall–Kier alpha value is -0.680. The van der Waals surface area contributed by atoms with Gasteiger partial charge in [0.15, 0.2) is 5.82 Å². The molecule has 0 saturated heterocycles. The van der Waals surface area contributed by atoms with E-state index in [9.17, 15) is 0 Å². The minimum atomic E-state index is 0.257. The van der Waals surface area contributed by atoms with E-state index in [2.05, 4.69) is 24.0 Å². The molecule has 1 heterocycles. The summed E-state index contributed by atoms with van der Waals surface area (Å²) in [6.45, 7) is 5.22. The maximum absolute atomic E-state index is 5.85. The first-order chi connectivity index (χ1) is 7.61. The predicted molar refractivity (Wildman–Crippen MR) is 64.5 cm³/mol. The van der Waals surface area contributed by atoms with Crippen LogP contribution < -0.4 is 5.73 Å². The zero-order chi connectivity index (χ0) is 11.7. The number of nitrogens with one attached hydrogen (secondary N) is 1. The molecule has 0 aromatic carbocycles.